The van der Waals surface area contributed by atoms with Gasteiger partial charge < -0.3 is 9.13 Å². The average molecular weight is 714 g/mol. The van der Waals surface area contributed by atoms with Gasteiger partial charge >= 0.3 is 0 Å². The fourth-order valence-corrected chi connectivity index (χ4v) is 8.51. The average Bonchev–Trinajstić information content (AvgIpc) is 3.80. The number of nitrogens with zero attached hydrogens (tertiary/aromatic N) is 3. The van der Waals surface area contributed by atoms with Crippen molar-refractivity contribution in [1.29, 1.82) is 0 Å². The number of pyridine rings is 1. The molecule has 0 aliphatic carbocycles. The van der Waals surface area contributed by atoms with Gasteiger partial charge in [0.25, 0.3) is 0 Å². The molecule has 3 heterocycles. The Kier molecular flexibility index (Phi) is 7.49. The second-order valence-corrected chi connectivity index (χ2v) is 14.4. The smallest absolute Gasteiger partial charge is 0.0788 e. The highest BCUT2D eigenvalue weighted by Crippen LogP contribution is 2.42. The van der Waals surface area contributed by atoms with E-state index in [1.807, 2.05) is 0 Å². The van der Waals surface area contributed by atoms with Crippen molar-refractivity contribution in [3.63, 3.8) is 0 Å². The van der Waals surface area contributed by atoms with E-state index in [9.17, 15) is 0 Å². The molecule has 0 saturated carbocycles. The minimum absolute atomic E-state index is 0.938. The minimum atomic E-state index is 0.938. The highest BCUT2D eigenvalue weighted by molar-refractivity contribution is 6.23. The lowest BCUT2D eigenvalue weighted by Gasteiger charge is -2.15. The van der Waals surface area contributed by atoms with Crippen LogP contribution in [0, 0.1) is 0 Å². The summed E-state index contributed by atoms with van der Waals surface area (Å²) in [4.78, 5) is 5.24. The monoisotopic (exact) mass is 713 g/mol. The van der Waals surface area contributed by atoms with Gasteiger partial charge in [-0.25, -0.2) is 4.98 Å². The number of rotatable bonds is 6. The first kappa shape index (κ1) is 32.0. The van der Waals surface area contributed by atoms with Gasteiger partial charge in [0.05, 0.1) is 39.1 Å². The maximum Gasteiger partial charge on any atom is 0.0788 e. The topological polar surface area (TPSA) is 22.8 Å². The van der Waals surface area contributed by atoms with Gasteiger partial charge in [0.1, 0.15) is 0 Å². The third-order valence-electron chi connectivity index (χ3n) is 11.1. The van der Waals surface area contributed by atoms with Crippen LogP contribution in [0.4, 0.5) is 0 Å². The Morgan fingerprint density at radius 2 is 0.679 bits per heavy atom. The second kappa shape index (κ2) is 13.1. The molecule has 11 rings (SSSR count). The zero-order chi connectivity index (χ0) is 37.0. The molecule has 0 unspecified atom stereocenters. The van der Waals surface area contributed by atoms with Crippen LogP contribution >= 0.6 is 0 Å². The molecular weight excluding hydrogens is 679 g/mol. The summed E-state index contributed by atoms with van der Waals surface area (Å²) in [5, 5.41) is 4.88. The number of hydrogen-bond donors (Lipinski definition) is 0. The molecule has 0 atom stereocenters. The molecular formula is C53H35N3. The third-order valence-corrected chi connectivity index (χ3v) is 11.1. The van der Waals surface area contributed by atoms with Crippen LogP contribution in [0.1, 0.15) is 0 Å². The van der Waals surface area contributed by atoms with Crippen molar-refractivity contribution in [3.05, 3.63) is 212 Å². The second-order valence-electron chi connectivity index (χ2n) is 14.4. The van der Waals surface area contributed by atoms with Crippen molar-refractivity contribution in [3.8, 4) is 56.1 Å². The predicted molar refractivity (Wildman–Crippen MR) is 235 cm³/mol. The van der Waals surface area contributed by atoms with Crippen molar-refractivity contribution in [2.45, 2.75) is 0 Å². The summed E-state index contributed by atoms with van der Waals surface area (Å²) < 4.78 is 4.93. The molecule has 3 heteroatoms. The summed E-state index contributed by atoms with van der Waals surface area (Å²) >= 11 is 0. The van der Waals surface area contributed by atoms with Crippen molar-refractivity contribution < 1.29 is 0 Å². The van der Waals surface area contributed by atoms with E-state index in [4.69, 9.17) is 4.98 Å². The third kappa shape index (κ3) is 5.25. The Balaban J connectivity index is 1.18. The van der Waals surface area contributed by atoms with E-state index in [2.05, 4.69) is 221 Å². The van der Waals surface area contributed by atoms with Crippen molar-refractivity contribution >= 4 is 43.6 Å². The van der Waals surface area contributed by atoms with Crippen LogP contribution in [-0.4, -0.2) is 14.1 Å². The highest BCUT2D eigenvalue weighted by Gasteiger charge is 2.22. The zero-order valence-electron chi connectivity index (χ0n) is 30.5. The van der Waals surface area contributed by atoms with Gasteiger partial charge in [0.2, 0.25) is 0 Å². The fraction of sp³-hybridized carbons (Fsp3) is 0. The Bertz CT molecular complexity index is 3150. The van der Waals surface area contributed by atoms with Crippen LogP contribution in [0.15, 0.2) is 212 Å². The van der Waals surface area contributed by atoms with E-state index in [1.165, 1.54) is 60.3 Å². The zero-order valence-corrected chi connectivity index (χ0v) is 30.5. The molecule has 8 aromatic carbocycles. The van der Waals surface area contributed by atoms with E-state index in [-0.39, 0.29) is 0 Å². The SMILES string of the molecule is c1ccc(-c2cccc(-c3ccc(-n4c5ccccc5c5ccc6c7ccccc7n(-c7cc(-c8ccccc8)nc(-c8ccccc8)c7)c6c54)cc3)c2)cc1. The number of fused-ring (bicyclic) bond motifs is 7. The number of para-hydroxylation sites is 2. The maximum absolute atomic E-state index is 5.24. The van der Waals surface area contributed by atoms with Crippen LogP contribution < -0.4 is 0 Å². The molecule has 0 bridgehead atoms. The molecule has 0 N–H and O–H groups in total. The van der Waals surface area contributed by atoms with Crippen LogP contribution in [0.5, 0.6) is 0 Å². The molecule has 262 valence electrons. The van der Waals surface area contributed by atoms with Gasteiger partial charge in [0, 0.05) is 38.4 Å². The Morgan fingerprint density at radius 1 is 0.268 bits per heavy atom. The standard InChI is InChI=1S/C53H35N3/c1-4-15-36(16-5-1)40-21-14-22-41(33-40)37-27-29-42(30-28-37)55-50-25-12-10-23-44(50)46-31-32-47-45-24-11-13-26-51(45)56(53(47)52(46)55)43-34-48(38-17-6-2-7-18-38)54-49(35-43)39-19-8-3-9-20-39/h1-35H. The van der Waals surface area contributed by atoms with Crippen LogP contribution in [-0.2, 0) is 0 Å². The lowest BCUT2D eigenvalue weighted by molar-refractivity contribution is 1.14. The molecule has 0 saturated heterocycles. The summed E-state index contributed by atoms with van der Waals surface area (Å²) in [5.41, 5.74) is 15.7. The summed E-state index contributed by atoms with van der Waals surface area (Å²) in [7, 11) is 0. The lowest BCUT2D eigenvalue weighted by Crippen LogP contribution is -2.00. The summed E-state index contributed by atoms with van der Waals surface area (Å²) in [5.74, 6) is 0. The summed E-state index contributed by atoms with van der Waals surface area (Å²) in [6.07, 6.45) is 0. The Hall–Kier alpha value is -7.49. The lowest BCUT2D eigenvalue weighted by atomic mass is 9.99. The van der Waals surface area contributed by atoms with Crippen LogP contribution in [0.25, 0.3) is 99.8 Å². The molecule has 0 amide bonds. The summed E-state index contributed by atoms with van der Waals surface area (Å²) in [6, 6.07) is 76.2. The quantitative estimate of drug-likeness (QED) is 0.168. The molecule has 0 aliphatic rings. The molecule has 11 aromatic rings. The fourth-order valence-electron chi connectivity index (χ4n) is 8.51. The number of hydrogen-bond acceptors (Lipinski definition) is 1. The van der Waals surface area contributed by atoms with Crippen molar-refractivity contribution in [1.82, 2.24) is 14.1 Å². The Morgan fingerprint density at radius 3 is 1.20 bits per heavy atom. The van der Waals surface area contributed by atoms with Crippen LogP contribution in [0.2, 0.25) is 0 Å². The van der Waals surface area contributed by atoms with E-state index >= 15 is 0 Å². The molecule has 3 nitrogen and oxygen atoms in total. The van der Waals surface area contributed by atoms with Gasteiger partial charge in [-0.1, -0.05) is 170 Å². The predicted octanol–water partition coefficient (Wildman–Crippen LogP) is 13.9. The van der Waals surface area contributed by atoms with E-state index < -0.39 is 0 Å². The first-order chi connectivity index (χ1) is 27.8. The molecule has 3 aromatic heterocycles. The van der Waals surface area contributed by atoms with Crippen molar-refractivity contribution in [2.24, 2.45) is 0 Å². The van der Waals surface area contributed by atoms with Crippen LogP contribution in [0.3, 0.4) is 0 Å². The molecule has 0 radical (unpaired) electrons. The normalized spacial score (nSPS) is 11.6. The highest BCUT2D eigenvalue weighted by atomic mass is 15.0. The molecule has 0 spiro atoms. The van der Waals surface area contributed by atoms with Gasteiger partial charge in [-0.3, -0.25) is 0 Å². The first-order valence-electron chi connectivity index (χ1n) is 19.1. The van der Waals surface area contributed by atoms with E-state index in [0.717, 1.165) is 39.4 Å². The van der Waals surface area contributed by atoms with Gasteiger partial charge in [-0.15, -0.1) is 0 Å². The van der Waals surface area contributed by atoms with E-state index in [0.29, 0.717) is 0 Å². The van der Waals surface area contributed by atoms with Gasteiger partial charge in [-0.05, 0) is 64.7 Å². The van der Waals surface area contributed by atoms with Gasteiger partial charge in [-0.2, -0.15) is 0 Å². The number of aromatic nitrogens is 3. The molecule has 56 heavy (non-hydrogen) atoms. The van der Waals surface area contributed by atoms with E-state index in [1.54, 1.807) is 0 Å². The van der Waals surface area contributed by atoms with Gasteiger partial charge in [0.15, 0.2) is 0 Å². The first-order valence-corrected chi connectivity index (χ1v) is 19.1. The number of benzene rings is 8. The largest absolute Gasteiger partial charge is 0.307 e. The summed E-state index contributed by atoms with van der Waals surface area (Å²) in [6.45, 7) is 0. The Labute approximate surface area is 325 Å². The molecule has 0 aliphatic heterocycles. The molecule has 0 fully saturated rings. The minimum Gasteiger partial charge on any atom is -0.307 e. The van der Waals surface area contributed by atoms with Crippen molar-refractivity contribution in [2.75, 3.05) is 0 Å². The maximum atomic E-state index is 5.24.